The predicted octanol–water partition coefficient (Wildman–Crippen LogP) is 2.27. The maximum Gasteiger partial charge on any atom is 0.339 e. The van der Waals surface area contributed by atoms with Gasteiger partial charge in [-0.15, -0.1) is 0 Å². The molecule has 1 fully saturated rings. The van der Waals surface area contributed by atoms with E-state index in [0.717, 1.165) is 36.9 Å². The number of hydrogen-bond donors (Lipinski definition) is 1. The number of pyridine rings is 1. The first-order valence-electron chi connectivity index (χ1n) is 7.71. The molecule has 2 aliphatic rings. The van der Waals surface area contributed by atoms with Gasteiger partial charge in [0.15, 0.2) is 0 Å². The lowest BCUT2D eigenvalue weighted by molar-refractivity contribution is -0.00558. The normalized spacial score (nSPS) is 25.5. The first-order valence-corrected chi connectivity index (χ1v) is 7.71. The van der Waals surface area contributed by atoms with E-state index in [2.05, 4.69) is 4.90 Å². The highest BCUT2D eigenvalue weighted by atomic mass is 16.5. The van der Waals surface area contributed by atoms with Gasteiger partial charge in [-0.25, -0.2) is 9.78 Å². The summed E-state index contributed by atoms with van der Waals surface area (Å²) in [6.07, 6.45) is 4.35. The summed E-state index contributed by atoms with van der Waals surface area (Å²) in [6.45, 7) is 5.41. The molecule has 2 heterocycles. The van der Waals surface area contributed by atoms with Gasteiger partial charge in [0, 0.05) is 18.8 Å². The second-order valence-electron chi connectivity index (χ2n) is 6.14. The third-order valence-corrected chi connectivity index (χ3v) is 4.23. The lowest BCUT2D eigenvalue weighted by atomic mass is 9.94. The summed E-state index contributed by atoms with van der Waals surface area (Å²) in [5, 5.41) is 9.53. The molecule has 1 aromatic rings. The number of carbonyl (C=O) groups is 1. The van der Waals surface area contributed by atoms with Crippen LogP contribution in [0.15, 0.2) is 6.07 Å². The quantitative estimate of drug-likeness (QED) is 0.905. The van der Waals surface area contributed by atoms with Crippen LogP contribution in [-0.2, 0) is 17.6 Å². The molecule has 2 atom stereocenters. The van der Waals surface area contributed by atoms with Crippen LogP contribution < -0.4 is 4.90 Å². The van der Waals surface area contributed by atoms with Crippen molar-refractivity contribution in [2.45, 2.75) is 51.7 Å². The summed E-state index contributed by atoms with van der Waals surface area (Å²) in [5.41, 5.74) is 2.52. The second kappa shape index (κ2) is 5.64. The number of carboxylic acid groups (broad SMARTS) is 1. The molecule has 0 aromatic carbocycles. The van der Waals surface area contributed by atoms with Crippen LogP contribution in [0.4, 0.5) is 5.82 Å². The summed E-state index contributed by atoms with van der Waals surface area (Å²) in [5.74, 6) is -0.275. The van der Waals surface area contributed by atoms with E-state index >= 15 is 0 Å². The van der Waals surface area contributed by atoms with Crippen molar-refractivity contribution in [1.29, 1.82) is 0 Å². The van der Waals surface area contributed by atoms with Crippen molar-refractivity contribution in [3.05, 3.63) is 22.9 Å². The van der Waals surface area contributed by atoms with E-state index in [9.17, 15) is 9.90 Å². The zero-order chi connectivity index (χ0) is 15.0. The van der Waals surface area contributed by atoms with Gasteiger partial charge in [-0.3, -0.25) is 0 Å². The molecule has 21 heavy (non-hydrogen) atoms. The summed E-state index contributed by atoms with van der Waals surface area (Å²) >= 11 is 0. The number of fused-ring (bicyclic) bond motifs is 1. The molecule has 0 spiro atoms. The minimum absolute atomic E-state index is 0.0910. The Labute approximate surface area is 124 Å². The molecule has 1 aliphatic carbocycles. The largest absolute Gasteiger partial charge is 0.478 e. The fourth-order valence-corrected chi connectivity index (χ4v) is 3.37. The number of aromatic nitrogens is 1. The summed E-state index contributed by atoms with van der Waals surface area (Å²) < 4.78 is 5.73. The van der Waals surface area contributed by atoms with Gasteiger partial charge >= 0.3 is 5.97 Å². The molecule has 1 aliphatic heterocycles. The molecule has 5 nitrogen and oxygen atoms in total. The Morgan fingerprint density at radius 3 is 2.62 bits per heavy atom. The first kappa shape index (κ1) is 14.3. The third kappa shape index (κ3) is 2.88. The van der Waals surface area contributed by atoms with Crippen LogP contribution in [0.2, 0.25) is 0 Å². The smallest absolute Gasteiger partial charge is 0.339 e. The molecule has 1 saturated heterocycles. The summed E-state index contributed by atoms with van der Waals surface area (Å²) in [6, 6.07) is 1.84. The van der Waals surface area contributed by atoms with Crippen molar-refractivity contribution in [3.8, 4) is 0 Å². The number of ether oxygens (including phenoxy) is 1. The lowest BCUT2D eigenvalue weighted by Crippen LogP contribution is -2.46. The van der Waals surface area contributed by atoms with Crippen LogP contribution in [0.5, 0.6) is 0 Å². The molecule has 114 valence electrons. The number of hydrogen-bond acceptors (Lipinski definition) is 4. The topological polar surface area (TPSA) is 62.7 Å². The van der Waals surface area contributed by atoms with Crippen LogP contribution in [0.3, 0.4) is 0 Å². The van der Waals surface area contributed by atoms with Crippen molar-refractivity contribution in [1.82, 2.24) is 4.98 Å². The zero-order valence-electron chi connectivity index (χ0n) is 12.6. The van der Waals surface area contributed by atoms with E-state index in [-0.39, 0.29) is 12.2 Å². The van der Waals surface area contributed by atoms with E-state index in [1.807, 2.05) is 19.9 Å². The van der Waals surface area contributed by atoms with Gasteiger partial charge in [-0.1, -0.05) is 0 Å². The maximum absolute atomic E-state index is 11.6. The molecule has 0 amide bonds. The standard InChI is InChI=1S/C16H22N2O3/c1-10-8-18(9-11(2)21-10)15-13(16(19)20)7-12-5-3-4-6-14(12)17-15/h7,10-11H,3-6,8-9H2,1-2H3,(H,19,20). The number of carboxylic acids is 1. The highest BCUT2D eigenvalue weighted by Gasteiger charge is 2.28. The van der Waals surface area contributed by atoms with E-state index in [1.54, 1.807) is 0 Å². The van der Waals surface area contributed by atoms with Crippen LogP contribution >= 0.6 is 0 Å². The van der Waals surface area contributed by atoms with Crippen molar-refractivity contribution in [2.24, 2.45) is 0 Å². The Balaban J connectivity index is 2.01. The van der Waals surface area contributed by atoms with Crippen molar-refractivity contribution < 1.29 is 14.6 Å². The van der Waals surface area contributed by atoms with Gasteiger partial charge in [0.05, 0.1) is 12.2 Å². The molecule has 1 aromatic heterocycles. The molecule has 1 N–H and O–H groups in total. The highest BCUT2D eigenvalue weighted by Crippen LogP contribution is 2.28. The number of rotatable bonds is 2. The van der Waals surface area contributed by atoms with Gasteiger partial charge in [0.25, 0.3) is 0 Å². The average molecular weight is 290 g/mol. The molecular formula is C16H22N2O3. The molecule has 0 radical (unpaired) electrons. The van der Waals surface area contributed by atoms with E-state index < -0.39 is 5.97 Å². The molecule has 0 bridgehead atoms. The SMILES string of the molecule is CC1CN(c2nc3c(cc2C(=O)O)CCCC3)CC(C)O1. The monoisotopic (exact) mass is 290 g/mol. The van der Waals surface area contributed by atoms with Crippen molar-refractivity contribution >= 4 is 11.8 Å². The minimum atomic E-state index is -0.891. The number of nitrogens with zero attached hydrogens (tertiary/aromatic N) is 2. The summed E-state index contributed by atoms with van der Waals surface area (Å²) in [4.78, 5) is 18.4. The number of aryl methyl sites for hydroxylation is 2. The average Bonchev–Trinajstić information content (AvgIpc) is 2.44. The molecule has 3 rings (SSSR count). The fraction of sp³-hybridized carbons (Fsp3) is 0.625. The van der Waals surface area contributed by atoms with E-state index in [0.29, 0.717) is 24.5 Å². The zero-order valence-corrected chi connectivity index (χ0v) is 12.6. The maximum atomic E-state index is 11.6. The van der Waals surface area contributed by atoms with Gasteiger partial charge in [-0.05, 0) is 51.2 Å². The van der Waals surface area contributed by atoms with Gasteiger partial charge in [-0.2, -0.15) is 0 Å². The van der Waals surface area contributed by atoms with Gasteiger partial charge in [0.2, 0.25) is 0 Å². The highest BCUT2D eigenvalue weighted by molar-refractivity contribution is 5.93. The van der Waals surface area contributed by atoms with Crippen molar-refractivity contribution in [3.63, 3.8) is 0 Å². The Bertz CT molecular complexity index is 549. The van der Waals surface area contributed by atoms with Crippen molar-refractivity contribution in [2.75, 3.05) is 18.0 Å². The minimum Gasteiger partial charge on any atom is -0.478 e. The van der Waals surface area contributed by atoms with E-state index in [1.165, 1.54) is 0 Å². The van der Waals surface area contributed by atoms with Crippen LogP contribution in [0.1, 0.15) is 48.3 Å². The van der Waals surface area contributed by atoms with Crippen LogP contribution in [0, 0.1) is 0 Å². The number of anilines is 1. The summed E-state index contributed by atoms with van der Waals surface area (Å²) in [7, 11) is 0. The second-order valence-corrected chi connectivity index (χ2v) is 6.14. The molecule has 5 heteroatoms. The van der Waals surface area contributed by atoms with Crippen LogP contribution in [0.25, 0.3) is 0 Å². The molecular weight excluding hydrogens is 268 g/mol. The third-order valence-electron chi connectivity index (χ3n) is 4.23. The van der Waals surface area contributed by atoms with Gasteiger partial charge in [0.1, 0.15) is 11.4 Å². The van der Waals surface area contributed by atoms with E-state index in [4.69, 9.17) is 9.72 Å². The van der Waals surface area contributed by atoms with Crippen LogP contribution in [-0.4, -0.2) is 41.4 Å². The Kier molecular flexibility index (Phi) is 3.85. The first-order chi connectivity index (χ1) is 10.0. The molecule has 2 unspecified atom stereocenters. The Hall–Kier alpha value is -1.62. The van der Waals surface area contributed by atoms with Gasteiger partial charge < -0.3 is 14.7 Å². The Morgan fingerprint density at radius 2 is 1.95 bits per heavy atom. The number of aromatic carboxylic acids is 1. The fourth-order valence-electron chi connectivity index (χ4n) is 3.37. The predicted molar refractivity (Wildman–Crippen MR) is 80.1 cm³/mol. The Morgan fingerprint density at radius 1 is 1.29 bits per heavy atom. The lowest BCUT2D eigenvalue weighted by Gasteiger charge is -2.37. The molecule has 0 saturated carbocycles. The number of morpholine rings is 1.